The molecule has 4 heteroatoms. The van der Waals surface area contributed by atoms with E-state index in [1.54, 1.807) is 0 Å². The first kappa shape index (κ1) is 23.4. The van der Waals surface area contributed by atoms with Gasteiger partial charge in [-0.05, 0) is 69.7 Å². The lowest BCUT2D eigenvalue weighted by Crippen LogP contribution is -2.25. The predicted octanol–water partition coefficient (Wildman–Crippen LogP) is 6.42. The number of benzene rings is 1. The molecular weight excluding hydrogens is 382 g/mol. The van der Waals surface area contributed by atoms with Crippen LogP contribution in [0.3, 0.4) is 0 Å². The maximum atomic E-state index is 12.9. The Balaban J connectivity index is 1.92. The number of rotatable bonds is 10. The minimum atomic E-state index is 0.0642. The third-order valence-corrected chi connectivity index (χ3v) is 6.88. The third kappa shape index (κ3) is 5.72. The molecule has 1 fully saturated rings. The summed E-state index contributed by atoms with van der Waals surface area (Å²) in [5.41, 5.74) is 5.56. The molecule has 0 saturated heterocycles. The lowest BCUT2D eigenvalue weighted by atomic mass is 9.89. The van der Waals surface area contributed by atoms with Crippen molar-refractivity contribution in [3.8, 4) is 11.3 Å². The topological polar surface area (TPSA) is 37.3 Å². The zero-order chi connectivity index (χ0) is 22.2. The number of nitrogens with zero attached hydrogens (tertiary/aromatic N) is 2. The monoisotopic (exact) mass is 423 g/mol. The van der Waals surface area contributed by atoms with Gasteiger partial charge in [0, 0.05) is 43.3 Å². The van der Waals surface area contributed by atoms with Crippen molar-refractivity contribution in [3.05, 3.63) is 41.6 Å². The second-order valence-corrected chi connectivity index (χ2v) is 8.97. The molecule has 0 aliphatic heterocycles. The molecule has 1 aromatic carbocycles. The maximum Gasteiger partial charge on any atom is 0.253 e. The van der Waals surface area contributed by atoms with E-state index in [9.17, 15) is 4.79 Å². The summed E-state index contributed by atoms with van der Waals surface area (Å²) in [6.07, 6.45) is 8.75. The molecule has 1 heterocycles. The molecule has 0 bridgehead atoms. The van der Waals surface area contributed by atoms with Crippen molar-refractivity contribution < 1.29 is 4.79 Å². The van der Waals surface area contributed by atoms with E-state index in [-0.39, 0.29) is 5.91 Å². The lowest BCUT2D eigenvalue weighted by Gasteiger charge is -2.25. The van der Waals surface area contributed by atoms with Crippen LogP contribution in [0.1, 0.15) is 81.8 Å². The summed E-state index contributed by atoms with van der Waals surface area (Å²) < 4.78 is 2.41. The second kappa shape index (κ2) is 11.4. The molecule has 3 rings (SSSR count). The second-order valence-electron chi connectivity index (χ2n) is 8.97. The summed E-state index contributed by atoms with van der Waals surface area (Å²) in [5, 5.41) is 3.12. The smallest absolute Gasteiger partial charge is 0.253 e. The van der Waals surface area contributed by atoms with E-state index in [2.05, 4.69) is 72.8 Å². The summed E-state index contributed by atoms with van der Waals surface area (Å²) in [6, 6.07) is 11.0. The van der Waals surface area contributed by atoms with Gasteiger partial charge < -0.3 is 14.8 Å². The largest absolute Gasteiger partial charge is 0.372 e. The van der Waals surface area contributed by atoms with Crippen molar-refractivity contribution in [2.75, 3.05) is 24.5 Å². The van der Waals surface area contributed by atoms with Crippen LogP contribution in [-0.4, -0.2) is 30.1 Å². The van der Waals surface area contributed by atoms with Crippen molar-refractivity contribution in [3.63, 3.8) is 0 Å². The number of aromatic nitrogens is 1. The minimum absolute atomic E-state index is 0.0642. The number of unbranched alkanes of at least 4 members (excludes halogenated alkanes) is 1. The first-order valence-electron chi connectivity index (χ1n) is 12.4. The quantitative estimate of drug-likeness (QED) is 0.448. The molecule has 31 heavy (non-hydrogen) atoms. The Morgan fingerprint density at radius 2 is 1.74 bits per heavy atom. The Morgan fingerprint density at radius 3 is 2.35 bits per heavy atom. The van der Waals surface area contributed by atoms with Crippen LogP contribution >= 0.6 is 0 Å². The number of anilines is 1. The highest BCUT2D eigenvalue weighted by Crippen LogP contribution is 2.32. The van der Waals surface area contributed by atoms with Gasteiger partial charge in [-0.1, -0.05) is 44.7 Å². The van der Waals surface area contributed by atoms with Crippen molar-refractivity contribution in [2.24, 2.45) is 5.92 Å². The molecule has 1 aromatic heterocycles. The number of amides is 1. The first-order valence-corrected chi connectivity index (χ1v) is 12.4. The van der Waals surface area contributed by atoms with E-state index in [1.165, 1.54) is 49.0 Å². The van der Waals surface area contributed by atoms with Crippen molar-refractivity contribution in [1.82, 2.24) is 9.88 Å². The average molecular weight is 424 g/mol. The van der Waals surface area contributed by atoms with Crippen LogP contribution in [0, 0.1) is 12.8 Å². The van der Waals surface area contributed by atoms with Crippen LogP contribution in [0.4, 0.5) is 5.69 Å². The Kier molecular flexibility index (Phi) is 8.62. The normalized spacial score (nSPS) is 14.6. The summed E-state index contributed by atoms with van der Waals surface area (Å²) in [6.45, 7) is 12.4. The van der Waals surface area contributed by atoms with E-state index in [0.29, 0.717) is 5.92 Å². The highest BCUT2D eigenvalue weighted by Gasteiger charge is 2.22. The highest BCUT2D eigenvalue weighted by atomic mass is 16.1. The Morgan fingerprint density at radius 1 is 1.06 bits per heavy atom. The SMILES string of the molecule is CCCCNC(=O)c1cc(-c2ccc(N(CC)CC)cc2)n(CC2CCCCC2)c1C. The Bertz CT molecular complexity index is 827. The molecule has 0 unspecified atom stereocenters. The van der Waals surface area contributed by atoms with Crippen LogP contribution in [0.15, 0.2) is 30.3 Å². The molecule has 1 N–H and O–H groups in total. The van der Waals surface area contributed by atoms with Gasteiger partial charge in [0.05, 0.1) is 5.56 Å². The molecule has 1 saturated carbocycles. The van der Waals surface area contributed by atoms with Gasteiger partial charge in [-0.15, -0.1) is 0 Å². The Hall–Kier alpha value is -2.23. The summed E-state index contributed by atoms with van der Waals surface area (Å²) >= 11 is 0. The molecule has 0 spiro atoms. The molecule has 0 atom stereocenters. The average Bonchev–Trinajstić information content (AvgIpc) is 3.12. The standard InChI is InChI=1S/C27H41N3O/c1-5-8-18-28-27(31)25-19-26(23-14-16-24(17-15-23)29(6-2)7-3)30(21(25)4)20-22-12-10-9-11-13-22/h14-17,19,22H,5-13,18,20H2,1-4H3,(H,28,31). The molecule has 1 aliphatic carbocycles. The van der Waals surface area contributed by atoms with Crippen LogP contribution in [0.25, 0.3) is 11.3 Å². The van der Waals surface area contributed by atoms with Gasteiger partial charge in [0.25, 0.3) is 5.91 Å². The van der Waals surface area contributed by atoms with Crippen molar-refractivity contribution in [2.45, 2.75) is 79.2 Å². The van der Waals surface area contributed by atoms with E-state index >= 15 is 0 Å². The van der Waals surface area contributed by atoms with Gasteiger partial charge >= 0.3 is 0 Å². The van der Waals surface area contributed by atoms with Gasteiger partial charge in [0.1, 0.15) is 0 Å². The molecule has 0 radical (unpaired) electrons. The van der Waals surface area contributed by atoms with Gasteiger partial charge in [0.15, 0.2) is 0 Å². The summed E-state index contributed by atoms with van der Waals surface area (Å²) in [7, 11) is 0. The van der Waals surface area contributed by atoms with Gasteiger partial charge in [-0.3, -0.25) is 4.79 Å². The fourth-order valence-corrected chi connectivity index (χ4v) is 4.88. The summed E-state index contributed by atoms with van der Waals surface area (Å²) in [4.78, 5) is 15.3. The summed E-state index contributed by atoms with van der Waals surface area (Å²) in [5.74, 6) is 0.777. The molecule has 1 amide bonds. The number of nitrogens with one attached hydrogen (secondary N) is 1. The molecule has 4 nitrogen and oxygen atoms in total. The van der Waals surface area contributed by atoms with E-state index in [1.807, 2.05) is 0 Å². The van der Waals surface area contributed by atoms with Gasteiger partial charge in [-0.2, -0.15) is 0 Å². The predicted molar refractivity (Wildman–Crippen MR) is 132 cm³/mol. The number of carbonyl (C=O) groups excluding carboxylic acids is 1. The zero-order valence-electron chi connectivity index (χ0n) is 20.0. The minimum Gasteiger partial charge on any atom is -0.372 e. The van der Waals surface area contributed by atoms with Gasteiger partial charge in [0.2, 0.25) is 0 Å². The van der Waals surface area contributed by atoms with Gasteiger partial charge in [-0.25, -0.2) is 0 Å². The maximum absolute atomic E-state index is 12.9. The van der Waals surface area contributed by atoms with E-state index in [0.717, 1.165) is 50.3 Å². The zero-order valence-corrected chi connectivity index (χ0v) is 20.0. The fourth-order valence-electron chi connectivity index (χ4n) is 4.88. The van der Waals surface area contributed by atoms with E-state index < -0.39 is 0 Å². The number of carbonyl (C=O) groups is 1. The fraction of sp³-hybridized carbons (Fsp3) is 0.593. The lowest BCUT2D eigenvalue weighted by molar-refractivity contribution is 0.0952. The molecular formula is C27H41N3O. The number of hydrogen-bond donors (Lipinski definition) is 1. The van der Waals surface area contributed by atoms with E-state index in [4.69, 9.17) is 0 Å². The molecule has 1 aliphatic rings. The van der Waals surface area contributed by atoms with Crippen molar-refractivity contribution >= 4 is 11.6 Å². The van der Waals surface area contributed by atoms with Crippen LogP contribution in [0.5, 0.6) is 0 Å². The van der Waals surface area contributed by atoms with Crippen molar-refractivity contribution in [1.29, 1.82) is 0 Å². The van der Waals surface area contributed by atoms with Crippen LogP contribution < -0.4 is 10.2 Å². The first-order chi connectivity index (χ1) is 15.1. The Labute approximate surface area is 189 Å². The van der Waals surface area contributed by atoms with Crippen LogP contribution in [-0.2, 0) is 6.54 Å². The number of hydrogen-bond acceptors (Lipinski definition) is 2. The third-order valence-electron chi connectivity index (χ3n) is 6.88. The molecule has 170 valence electrons. The highest BCUT2D eigenvalue weighted by molar-refractivity contribution is 5.97. The van der Waals surface area contributed by atoms with Crippen LogP contribution in [0.2, 0.25) is 0 Å². The molecule has 2 aromatic rings.